The summed E-state index contributed by atoms with van der Waals surface area (Å²) in [6.45, 7) is 2.09. The molecule has 130 valence electrons. The number of aliphatic hydroxyl groups excluding tert-OH is 1. The van der Waals surface area contributed by atoms with Crippen LogP contribution in [0.1, 0.15) is 43.2 Å². The van der Waals surface area contributed by atoms with E-state index in [-0.39, 0.29) is 18.0 Å². The summed E-state index contributed by atoms with van der Waals surface area (Å²) in [6, 6.07) is 8.48. The van der Waals surface area contributed by atoms with Crippen molar-refractivity contribution in [2.24, 2.45) is 23.7 Å². The first kappa shape index (κ1) is 17.2. The maximum Gasteiger partial charge on any atom is 0.305 e. The molecule has 1 aromatic rings. The van der Waals surface area contributed by atoms with E-state index in [9.17, 15) is 9.90 Å². The van der Waals surface area contributed by atoms with E-state index in [1.807, 2.05) is 0 Å². The van der Waals surface area contributed by atoms with Gasteiger partial charge in [-0.05, 0) is 55.9 Å². The van der Waals surface area contributed by atoms with Crippen LogP contribution in [-0.2, 0) is 9.53 Å². The lowest BCUT2D eigenvalue weighted by Crippen LogP contribution is -2.17. The molecule has 3 nitrogen and oxygen atoms in total. The first-order chi connectivity index (χ1) is 11.6. The Balaban J connectivity index is 1.60. The van der Waals surface area contributed by atoms with E-state index >= 15 is 0 Å². The van der Waals surface area contributed by atoms with Crippen LogP contribution in [0.4, 0.5) is 0 Å². The summed E-state index contributed by atoms with van der Waals surface area (Å²) in [5, 5.41) is 10.4. The first-order valence-electron chi connectivity index (χ1n) is 9.06. The molecule has 0 heterocycles. The Morgan fingerprint density at radius 1 is 1.25 bits per heavy atom. The number of ether oxygens (including phenoxy) is 1. The number of carbonyl (C=O) groups is 1. The first-order valence-corrected chi connectivity index (χ1v) is 9.06. The molecular formula is C21H28O3. The highest BCUT2D eigenvalue weighted by atomic mass is 16.5. The van der Waals surface area contributed by atoms with Crippen LogP contribution >= 0.6 is 0 Å². The summed E-state index contributed by atoms with van der Waals surface area (Å²) in [6.07, 6.45) is 8.76. The van der Waals surface area contributed by atoms with Crippen molar-refractivity contribution in [1.82, 2.24) is 0 Å². The minimum absolute atomic E-state index is 0.108. The Labute approximate surface area is 144 Å². The maximum absolute atomic E-state index is 11.3. The SMILES string of the molecule is COC(=O)CCC1C[C@H]2C[C@@H](O)[C@H](/C=C/c3ccc(C)cc3)[C@H]2C1. The van der Waals surface area contributed by atoms with Crippen LogP contribution in [0.2, 0.25) is 0 Å². The Hall–Kier alpha value is -1.61. The zero-order valence-corrected chi connectivity index (χ0v) is 14.7. The molecule has 24 heavy (non-hydrogen) atoms. The zero-order valence-electron chi connectivity index (χ0n) is 14.7. The van der Waals surface area contributed by atoms with E-state index < -0.39 is 0 Å². The van der Waals surface area contributed by atoms with Crippen LogP contribution < -0.4 is 0 Å². The summed E-state index contributed by atoms with van der Waals surface area (Å²) in [7, 11) is 1.45. The lowest BCUT2D eigenvalue weighted by molar-refractivity contribution is -0.140. The Morgan fingerprint density at radius 2 is 2.00 bits per heavy atom. The fourth-order valence-corrected chi connectivity index (χ4v) is 4.60. The number of hydrogen-bond acceptors (Lipinski definition) is 3. The number of hydrogen-bond donors (Lipinski definition) is 1. The van der Waals surface area contributed by atoms with Crippen molar-refractivity contribution in [3.05, 3.63) is 41.5 Å². The molecule has 3 rings (SSSR count). The van der Waals surface area contributed by atoms with Crippen LogP contribution in [-0.4, -0.2) is 24.3 Å². The Bertz CT molecular complexity index is 590. The van der Waals surface area contributed by atoms with Gasteiger partial charge in [-0.1, -0.05) is 42.0 Å². The van der Waals surface area contributed by atoms with E-state index in [0.29, 0.717) is 24.2 Å². The van der Waals surface area contributed by atoms with Crippen LogP contribution in [0.15, 0.2) is 30.3 Å². The van der Waals surface area contributed by atoms with Crippen molar-refractivity contribution in [2.75, 3.05) is 7.11 Å². The average molecular weight is 328 g/mol. The second-order valence-corrected chi connectivity index (χ2v) is 7.53. The molecular weight excluding hydrogens is 300 g/mol. The molecule has 0 bridgehead atoms. The smallest absolute Gasteiger partial charge is 0.305 e. The highest BCUT2D eigenvalue weighted by Crippen LogP contribution is 2.51. The normalized spacial score (nSPS) is 32.2. The number of aryl methyl sites for hydroxylation is 1. The maximum atomic E-state index is 11.3. The second kappa shape index (κ2) is 7.52. The van der Waals surface area contributed by atoms with Crippen LogP contribution in [0, 0.1) is 30.6 Å². The van der Waals surface area contributed by atoms with E-state index in [1.165, 1.54) is 18.2 Å². The van der Waals surface area contributed by atoms with Gasteiger partial charge in [-0.3, -0.25) is 4.79 Å². The molecule has 1 N–H and O–H groups in total. The second-order valence-electron chi connectivity index (χ2n) is 7.53. The van der Waals surface area contributed by atoms with E-state index in [1.54, 1.807) is 0 Å². The van der Waals surface area contributed by atoms with Crippen molar-refractivity contribution in [3.8, 4) is 0 Å². The molecule has 0 amide bonds. The van der Waals surface area contributed by atoms with E-state index in [2.05, 4.69) is 43.3 Å². The molecule has 0 aliphatic heterocycles. The van der Waals surface area contributed by atoms with Crippen molar-refractivity contribution >= 4 is 12.0 Å². The van der Waals surface area contributed by atoms with Crippen LogP contribution in [0.5, 0.6) is 0 Å². The lowest BCUT2D eigenvalue weighted by atomic mass is 9.89. The molecule has 2 saturated carbocycles. The number of methoxy groups -OCH3 is 1. The molecule has 0 radical (unpaired) electrons. The number of benzene rings is 1. The minimum Gasteiger partial charge on any atom is -0.469 e. The van der Waals surface area contributed by atoms with Gasteiger partial charge in [0.15, 0.2) is 0 Å². The third-order valence-electron chi connectivity index (χ3n) is 5.90. The van der Waals surface area contributed by atoms with Gasteiger partial charge in [-0.15, -0.1) is 0 Å². The molecule has 2 aliphatic rings. The molecule has 3 heteroatoms. The number of esters is 1. The Kier molecular flexibility index (Phi) is 5.40. The minimum atomic E-state index is -0.219. The molecule has 1 unspecified atom stereocenters. The molecule has 1 aromatic carbocycles. The number of carbonyl (C=O) groups excluding carboxylic acids is 1. The largest absolute Gasteiger partial charge is 0.469 e. The van der Waals surface area contributed by atoms with Crippen molar-refractivity contribution in [1.29, 1.82) is 0 Å². The van der Waals surface area contributed by atoms with Gasteiger partial charge >= 0.3 is 5.97 Å². The summed E-state index contributed by atoms with van der Waals surface area (Å²) >= 11 is 0. The number of aliphatic hydroxyl groups is 1. The van der Waals surface area contributed by atoms with Gasteiger partial charge in [0.2, 0.25) is 0 Å². The molecule has 2 aliphatic carbocycles. The summed E-state index contributed by atoms with van der Waals surface area (Å²) in [5.41, 5.74) is 2.45. The molecule has 5 atom stereocenters. The van der Waals surface area contributed by atoms with Gasteiger partial charge in [-0.2, -0.15) is 0 Å². The number of rotatable bonds is 5. The van der Waals surface area contributed by atoms with Gasteiger partial charge in [0.05, 0.1) is 13.2 Å². The lowest BCUT2D eigenvalue weighted by Gasteiger charge is -2.18. The van der Waals surface area contributed by atoms with Crippen molar-refractivity contribution < 1.29 is 14.6 Å². The third kappa shape index (κ3) is 3.89. The molecule has 0 aromatic heterocycles. The predicted molar refractivity (Wildman–Crippen MR) is 95.3 cm³/mol. The van der Waals surface area contributed by atoms with Gasteiger partial charge in [0, 0.05) is 12.3 Å². The van der Waals surface area contributed by atoms with Gasteiger partial charge in [0.1, 0.15) is 0 Å². The van der Waals surface area contributed by atoms with Gasteiger partial charge in [-0.25, -0.2) is 0 Å². The molecule has 0 saturated heterocycles. The monoisotopic (exact) mass is 328 g/mol. The van der Waals surface area contributed by atoms with Gasteiger partial charge in [0.25, 0.3) is 0 Å². The van der Waals surface area contributed by atoms with Gasteiger partial charge < -0.3 is 9.84 Å². The topological polar surface area (TPSA) is 46.5 Å². The quantitative estimate of drug-likeness (QED) is 0.832. The highest BCUT2D eigenvalue weighted by molar-refractivity contribution is 5.69. The summed E-state index contributed by atoms with van der Waals surface area (Å²) in [5.74, 6) is 1.91. The number of fused-ring (bicyclic) bond motifs is 1. The average Bonchev–Trinajstić information content (AvgIpc) is 3.09. The third-order valence-corrected chi connectivity index (χ3v) is 5.90. The molecule has 0 spiro atoms. The fourth-order valence-electron chi connectivity index (χ4n) is 4.60. The van der Waals surface area contributed by atoms with E-state index in [4.69, 9.17) is 4.74 Å². The Morgan fingerprint density at radius 3 is 2.71 bits per heavy atom. The zero-order chi connectivity index (χ0) is 17.1. The predicted octanol–water partition coefficient (Wildman–Crippen LogP) is 3.98. The standard InChI is InChI=1S/C21H28O3/c1-14-3-5-15(6-4-14)7-9-18-19-12-16(8-10-21(23)24-2)11-17(19)13-20(18)22/h3-7,9,16-20,22H,8,10-13H2,1-2H3/b9-7+/t16?,17-,18+,19-,20+/m0/s1. The summed E-state index contributed by atoms with van der Waals surface area (Å²) < 4.78 is 4.75. The highest BCUT2D eigenvalue weighted by Gasteiger charge is 2.46. The van der Waals surface area contributed by atoms with Crippen LogP contribution in [0.3, 0.4) is 0 Å². The van der Waals surface area contributed by atoms with E-state index in [0.717, 1.165) is 25.7 Å². The molecule has 2 fully saturated rings. The van der Waals surface area contributed by atoms with Crippen molar-refractivity contribution in [2.45, 2.75) is 45.1 Å². The van der Waals surface area contributed by atoms with Crippen LogP contribution in [0.25, 0.3) is 6.08 Å². The summed E-state index contributed by atoms with van der Waals surface area (Å²) in [4.78, 5) is 11.3. The fraction of sp³-hybridized carbons (Fsp3) is 0.571. The van der Waals surface area contributed by atoms with Crippen molar-refractivity contribution in [3.63, 3.8) is 0 Å².